The average Bonchev–Trinajstić information content (AvgIpc) is 2.68. The number of hydrogen-bond acceptors (Lipinski definition) is 4. The fourth-order valence-electron chi connectivity index (χ4n) is 3.50. The molecule has 3 fully saturated rings. The molecule has 2 N–H and O–H groups in total. The van der Waals surface area contributed by atoms with Gasteiger partial charge in [0.05, 0.1) is 0 Å². The van der Waals surface area contributed by atoms with Crippen molar-refractivity contribution in [2.45, 2.75) is 31.2 Å². The fourth-order valence-corrected chi connectivity index (χ4v) is 3.50. The highest BCUT2D eigenvalue weighted by atomic mass is 16.2. The molecule has 3 aliphatic heterocycles. The molecule has 0 bridgehead atoms. The molecule has 0 aliphatic carbocycles. The molecule has 112 valence electrons. The first-order chi connectivity index (χ1) is 9.61. The molecular formula is C14H24N4O2. The van der Waals surface area contributed by atoms with E-state index in [4.69, 9.17) is 0 Å². The van der Waals surface area contributed by atoms with Crippen molar-refractivity contribution in [1.29, 1.82) is 0 Å². The maximum Gasteiger partial charge on any atom is 0.325 e. The Kier molecular flexibility index (Phi) is 3.69. The summed E-state index contributed by atoms with van der Waals surface area (Å²) in [7, 11) is 2.06. The van der Waals surface area contributed by atoms with Crippen molar-refractivity contribution in [3.05, 3.63) is 0 Å². The number of rotatable bonds is 2. The van der Waals surface area contributed by atoms with Gasteiger partial charge >= 0.3 is 6.03 Å². The van der Waals surface area contributed by atoms with Crippen molar-refractivity contribution in [2.24, 2.45) is 5.92 Å². The maximum atomic E-state index is 12.7. The normalized spacial score (nSPS) is 28.1. The maximum absolute atomic E-state index is 12.7. The summed E-state index contributed by atoms with van der Waals surface area (Å²) in [6, 6.07) is -0.182. The summed E-state index contributed by atoms with van der Waals surface area (Å²) in [4.78, 5) is 28.5. The number of carbonyl (C=O) groups excluding carboxylic acids is 2. The topological polar surface area (TPSA) is 64.7 Å². The van der Waals surface area contributed by atoms with Gasteiger partial charge in [-0.15, -0.1) is 0 Å². The van der Waals surface area contributed by atoms with Gasteiger partial charge < -0.3 is 15.5 Å². The highest BCUT2D eigenvalue weighted by Gasteiger charge is 2.52. The Morgan fingerprint density at radius 2 is 1.85 bits per heavy atom. The van der Waals surface area contributed by atoms with Crippen LogP contribution in [0.25, 0.3) is 0 Å². The minimum Gasteiger partial charge on any atom is -0.323 e. The number of amides is 3. The Labute approximate surface area is 119 Å². The lowest BCUT2D eigenvalue weighted by Gasteiger charge is -2.35. The molecule has 3 aliphatic rings. The van der Waals surface area contributed by atoms with Gasteiger partial charge in [0.15, 0.2) is 0 Å². The van der Waals surface area contributed by atoms with Crippen molar-refractivity contribution in [3.63, 3.8) is 0 Å². The van der Waals surface area contributed by atoms with Crippen LogP contribution in [0.3, 0.4) is 0 Å². The Balaban J connectivity index is 1.67. The third kappa shape index (κ3) is 2.42. The number of piperidine rings is 2. The van der Waals surface area contributed by atoms with Gasteiger partial charge in [0.25, 0.3) is 5.91 Å². The van der Waals surface area contributed by atoms with Gasteiger partial charge in [-0.1, -0.05) is 0 Å². The highest BCUT2D eigenvalue weighted by molar-refractivity contribution is 6.07. The summed E-state index contributed by atoms with van der Waals surface area (Å²) in [5.74, 6) is 0.460. The van der Waals surface area contributed by atoms with Crippen LogP contribution in [0.15, 0.2) is 0 Å². The zero-order valence-corrected chi connectivity index (χ0v) is 12.2. The molecule has 3 heterocycles. The van der Waals surface area contributed by atoms with Crippen LogP contribution in [-0.4, -0.2) is 67.0 Å². The molecule has 0 aromatic carbocycles. The summed E-state index contributed by atoms with van der Waals surface area (Å²) in [5, 5.41) is 6.29. The minimum atomic E-state index is -0.615. The van der Waals surface area contributed by atoms with Gasteiger partial charge in [0.1, 0.15) is 5.54 Å². The molecular weight excluding hydrogens is 256 g/mol. The van der Waals surface area contributed by atoms with E-state index in [9.17, 15) is 9.59 Å². The monoisotopic (exact) mass is 280 g/mol. The zero-order valence-electron chi connectivity index (χ0n) is 12.2. The first kappa shape index (κ1) is 13.8. The number of hydrogen-bond donors (Lipinski definition) is 2. The smallest absolute Gasteiger partial charge is 0.323 e. The van der Waals surface area contributed by atoms with Crippen LogP contribution in [0.5, 0.6) is 0 Å². The van der Waals surface area contributed by atoms with Crippen molar-refractivity contribution in [3.8, 4) is 0 Å². The van der Waals surface area contributed by atoms with E-state index < -0.39 is 5.54 Å². The standard InChI is InChI=1S/C14H24N4O2/c1-17-8-4-14(5-9-17)12(19)18(13(20)16-14)10-11-2-6-15-7-3-11/h11,15H,2-10H2,1H3,(H,16,20). The molecule has 0 radical (unpaired) electrons. The zero-order chi connectivity index (χ0) is 14.2. The molecule has 0 unspecified atom stereocenters. The van der Waals surface area contributed by atoms with Crippen LogP contribution >= 0.6 is 0 Å². The Morgan fingerprint density at radius 3 is 2.50 bits per heavy atom. The number of carbonyl (C=O) groups is 2. The third-order valence-corrected chi connectivity index (χ3v) is 4.99. The van der Waals surface area contributed by atoms with Gasteiger partial charge in [0.2, 0.25) is 0 Å². The van der Waals surface area contributed by atoms with E-state index in [1.54, 1.807) is 0 Å². The number of urea groups is 1. The second-order valence-corrected chi connectivity index (χ2v) is 6.42. The number of imide groups is 1. The number of nitrogens with one attached hydrogen (secondary N) is 2. The van der Waals surface area contributed by atoms with E-state index in [0.29, 0.717) is 12.5 Å². The molecule has 3 rings (SSSR count). The minimum absolute atomic E-state index is 0.00846. The first-order valence-electron chi connectivity index (χ1n) is 7.64. The van der Waals surface area contributed by atoms with Crippen LogP contribution in [0.2, 0.25) is 0 Å². The van der Waals surface area contributed by atoms with Crippen molar-refractivity contribution in [2.75, 3.05) is 39.8 Å². The van der Waals surface area contributed by atoms with Crippen LogP contribution in [0.1, 0.15) is 25.7 Å². The summed E-state index contributed by atoms with van der Waals surface area (Å²) in [5.41, 5.74) is -0.615. The molecule has 0 aromatic heterocycles. The van der Waals surface area contributed by atoms with Crippen molar-refractivity contribution >= 4 is 11.9 Å². The molecule has 0 saturated carbocycles. The van der Waals surface area contributed by atoms with E-state index in [1.165, 1.54) is 4.90 Å². The quantitative estimate of drug-likeness (QED) is 0.699. The molecule has 6 heteroatoms. The SMILES string of the molecule is CN1CCC2(CC1)NC(=O)N(CC1CCNCC1)C2=O. The molecule has 20 heavy (non-hydrogen) atoms. The summed E-state index contributed by atoms with van der Waals surface area (Å²) < 4.78 is 0. The van der Waals surface area contributed by atoms with E-state index in [-0.39, 0.29) is 11.9 Å². The molecule has 3 saturated heterocycles. The lowest BCUT2D eigenvalue weighted by atomic mass is 9.87. The summed E-state index contributed by atoms with van der Waals surface area (Å²) in [6.07, 6.45) is 3.56. The summed E-state index contributed by atoms with van der Waals surface area (Å²) in [6.45, 7) is 4.30. The average molecular weight is 280 g/mol. The van der Waals surface area contributed by atoms with Crippen LogP contribution in [0, 0.1) is 5.92 Å². The van der Waals surface area contributed by atoms with Crippen molar-refractivity contribution < 1.29 is 9.59 Å². The van der Waals surface area contributed by atoms with E-state index >= 15 is 0 Å². The van der Waals surface area contributed by atoms with Gasteiger partial charge in [0, 0.05) is 19.6 Å². The highest BCUT2D eigenvalue weighted by Crippen LogP contribution is 2.30. The Hall–Kier alpha value is -1.14. The van der Waals surface area contributed by atoms with Gasteiger partial charge in [-0.2, -0.15) is 0 Å². The fraction of sp³-hybridized carbons (Fsp3) is 0.857. The van der Waals surface area contributed by atoms with Crippen molar-refractivity contribution in [1.82, 2.24) is 20.4 Å². The van der Waals surface area contributed by atoms with Gasteiger partial charge in [-0.25, -0.2) is 4.79 Å². The van der Waals surface area contributed by atoms with Gasteiger partial charge in [-0.05, 0) is 51.7 Å². The predicted octanol–water partition coefficient (Wildman–Crippen LogP) is 0.00220. The van der Waals surface area contributed by atoms with E-state index in [2.05, 4.69) is 22.6 Å². The molecule has 6 nitrogen and oxygen atoms in total. The molecule has 0 atom stereocenters. The van der Waals surface area contributed by atoms with Crippen LogP contribution in [0.4, 0.5) is 4.79 Å². The second-order valence-electron chi connectivity index (χ2n) is 6.42. The van der Waals surface area contributed by atoms with E-state index in [1.807, 2.05) is 0 Å². The number of likely N-dealkylation sites (tertiary alicyclic amines) is 1. The Bertz CT molecular complexity index is 398. The first-order valence-corrected chi connectivity index (χ1v) is 7.64. The molecule has 0 aromatic rings. The van der Waals surface area contributed by atoms with Crippen LogP contribution in [-0.2, 0) is 4.79 Å². The third-order valence-electron chi connectivity index (χ3n) is 4.99. The molecule has 1 spiro atoms. The molecule has 3 amide bonds. The Morgan fingerprint density at radius 1 is 1.20 bits per heavy atom. The lowest BCUT2D eigenvalue weighted by molar-refractivity contribution is -0.133. The number of nitrogens with zero attached hydrogens (tertiary/aromatic N) is 2. The second kappa shape index (κ2) is 5.33. The van der Waals surface area contributed by atoms with Gasteiger partial charge in [-0.3, -0.25) is 9.69 Å². The lowest BCUT2D eigenvalue weighted by Crippen LogP contribution is -2.54. The largest absolute Gasteiger partial charge is 0.325 e. The van der Waals surface area contributed by atoms with Crippen LogP contribution < -0.4 is 10.6 Å². The summed E-state index contributed by atoms with van der Waals surface area (Å²) >= 11 is 0. The van der Waals surface area contributed by atoms with E-state index in [0.717, 1.165) is 51.9 Å². The predicted molar refractivity (Wildman–Crippen MR) is 75.3 cm³/mol.